The SMILES string of the molecule is CCC(C)COCC(C)CCCC(C)COCC(C)CCCC(C)COCC(C)CC. The van der Waals surface area contributed by atoms with Crippen LogP contribution < -0.4 is 0 Å². The first kappa shape index (κ1) is 30.9. The Kier molecular flexibility index (Phi) is 20.4. The maximum Gasteiger partial charge on any atom is 0.0491 e. The van der Waals surface area contributed by atoms with E-state index in [9.17, 15) is 0 Å². The van der Waals surface area contributed by atoms with E-state index in [0.717, 1.165) is 39.6 Å². The number of hydrogen-bond donors (Lipinski definition) is 0. The fourth-order valence-electron chi connectivity index (χ4n) is 3.61. The van der Waals surface area contributed by atoms with E-state index in [1.807, 2.05) is 0 Å². The molecular weight excluding hydrogens is 384 g/mol. The first-order chi connectivity index (χ1) is 14.8. The second kappa shape index (κ2) is 20.5. The average Bonchev–Trinajstić information content (AvgIpc) is 2.73. The number of rotatable bonds is 22. The monoisotopic (exact) mass is 442 g/mol. The zero-order valence-electron chi connectivity index (χ0n) is 22.6. The molecule has 0 aliphatic rings. The summed E-state index contributed by atoms with van der Waals surface area (Å²) in [6.45, 7) is 23.7. The second-order valence-electron chi connectivity index (χ2n) is 10.9. The maximum atomic E-state index is 6.03. The minimum atomic E-state index is 0.656. The van der Waals surface area contributed by atoms with Gasteiger partial charge < -0.3 is 14.2 Å². The Morgan fingerprint density at radius 2 is 0.613 bits per heavy atom. The Bertz CT molecular complexity index is 339. The van der Waals surface area contributed by atoms with Crippen LogP contribution in [-0.2, 0) is 14.2 Å². The minimum Gasteiger partial charge on any atom is -0.381 e. The van der Waals surface area contributed by atoms with Crippen molar-refractivity contribution >= 4 is 0 Å². The summed E-state index contributed by atoms with van der Waals surface area (Å²) in [4.78, 5) is 0. The van der Waals surface area contributed by atoms with Gasteiger partial charge in [0.25, 0.3) is 0 Å². The topological polar surface area (TPSA) is 27.7 Å². The summed E-state index contributed by atoms with van der Waals surface area (Å²) in [7, 11) is 0. The minimum absolute atomic E-state index is 0.656. The van der Waals surface area contributed by atoms with Crippen LogP contribution in [0.4, 0.5) is 0 Å². The van der Waals surface area contributed by atoms with Crippen molar-refractivity contribution < 1.29 is 14.2 Å². The summed E-state index contributed by atoms with van der Waals surface area (Å²) in [6.07, 6.45) is 10.0. The number of ether oxygens (including phenoxy) is 3. The van der Waals surface area contributed by atoms with Gasteiger partial charge in [-0.05, 0) is 61.2 Å². The van der Waals surface area contributed by atoms with E-state index < -0.39 is 0 Å². The molecular formula is C28H58O3. The van der Waals surface area contributed by atoms with Crippen molar-refractivity contribution in [1.29, 1.82) is 0 Å². The Labute approximate surface area is 196 Å². The standard InChI is InChI=1S/C28H58O3/c1-9-23(3)17-29-19-25(5)13-11-15-27(7)21-31-22-28(8)16-12-14-26(6)20-30-18-24(4)10-2/h23-28H,9-22H2,1-8H3. The molecule has 0 amide bonds. The fraction of sp³-hybridized carbons (Fsp3) is 1.00. The molecule has 0 N–H and O–H groups in total. The molecule has 0 aromatic heterocycles. The third-order valence-electron chi connectivity index (χ3n) is 6.60. The predicted molar refractivity (Wildman–Crippen MR) is 136 cm³/mol. The zero-order chi connectivity index (χ0) is 23.5. The van der Waals surface area contributed by atoms with Crippen LogP contribution >= 0.6 is 0 Å². The highest BCUT2D eigenvalue weighted by molar-refractivity contribution is 4.60. The van der Waals surface area contributed by atoms with Gasteiger partial charge >= 0.3 is 0 Å². The normalized spacial score (nSPS) is 17.8. The molecule has 0 aliphatic carbocycles. The predicted octanol–water partition coefficient (Wildman–Crippen LogP) is 8.01. The van der Waals surface area contributed by atoms with E-state index in [4.69, 9.17) is 14.2 Å². The van der Waals surface area contributed by atoms with Crippen molar-refractivity contribution in [2.75, 3.05) is 39.6 Å². The summed E-state index contributed by atoms with van der Waals surface area (Å²) in [5.41, 5.74) is 0. The van der Waals surface area contributed by atoms with Crippen molar-refractivity contribution in [3.63, 3.8) is 0 Å². The van der Waals surface area contributed by atoms with Gasteiger partial charge in [0.2, 0.25) is 0 Å². The molecule has 0 aromatic rings. The quantitative estimate of drug-likeness (QED) is 0.170. The molecule has 31 heavy (non-hydrogen) atoms. The van der Waals surface area contributed by atoms with E-state index >= 15 is 0 Å². The Morgan fingerprint density at radius 1 is 0.387 bits per heavy atom. The molecule has 0 saturated heterocycles. The van der Waals surface area contributed by atoms with Crippen LogP contribution in [0, 0.1) is 35.5 Å². The van der Waals surface area contributed by atoms with Crippen molar-refractivity contribution in [3.8, 4) is 0 Å². The van der Waals surface area contributed by atoms with Crippen LogP contribution in [0.3, 0.4) is 0 Å². The molecule has 0 aromatic carbocycles. The molecule has 188 valence electrons. The van der Waals surface area contributed by atoms with E-state index in [1.165, 1.54) is 51.4 Å². The van der Waals surface area contributed by atoms with Gasteiger partial charge in [0, 0.05) is 39.6 Å². The zero-order valence-corrected chi connectivity index (χ0v) is 22.6. The Hall–Kier alpha value is -0.120. The summed E-state index contributed by atoms with van der Waals surface area (Å²) in [6, 6.07) is 0. The molecule has 0 bridgehead atoms. The van der Waals surface area contributed by atoms with Gasteiger partial charge in [-0.2, -0.15) is 0 Å². The van der Waals surface area contributed by atoms with Crippen LogP contribution in [0.25, 0.3) is 0 Å². The second-order valence-corrected chi connectivity index (χ2v) is 10.9. The lowest BCUT2D eigenvalue weighted by Gasteiger charge is -2.18. The molecule has 6 atom stereocenters. The van der Waals surface area contributed by atoms with Gasteiger partial charge in [0.1, 0.15) is 0 Å². The van der Waals surface area contributed by atoms with Crippen LogP contribution in [0.15, 0.2) is 0 Å². The highest BCUT2D eigenvalue weighted by Gasteiger charge is 2.10. The van der Waals surface area contributed by atoms with Gasteiger partial charge in [-0.25, -0.2) is 0 Å². The summed E-state index contributed by atoms with van der Waals surface area (Å²) in [5, 5.41) is 0. The smallest absolute Gasteiger partial charge is 0.0491 e. The van der Waals surface area contributed by atoms with Gasteiger partial charge in [-0.15, -0.1) is 0 Å². The molecule has 3 nitrogen and oxygen atoms in total. The molecule has 0 radical (unpaired) electrons. The molecule has 6 unspecified atom stereocenters. The largest absolute Gasteiger partial charge is 0.381 e. The summed E-state index contributed by atoms with van der Waals surface area (Å²) < 4.78 is 17.7. The molecule has 0 spiro atoms. The first-order valence-electron chi connectivity index (χ1n) is 13.5. The van der Waals surface area contributed by atoms with Gasteiger partial charge in [0.15, 0.2) is 0 Å². The van der Waals surface area contributed by atoms with Crippen LogP contribution in [-0.4, -0.2) is 39.6 Å². The average molecular weight is 443 g/mol. The van der Waals surface area contributed by atoms with E-state index in [-0.39, 0.29) is 0 Å². The highest BCUT2D eigenvalue weighted by Crippen LogP contribution is 2.17. The third-order valence-corrected chi connectivity index (χ3v) is 6.60. The molecule has 3 heteroatoms. The van der Waals surface area contributed by atoms with E-state index in [1.54, 1.807) is 0 Å². The molecule has 0 saturated carbocycles. The lowest BCUT2D eigenvalue weighted by atomic mass is 9.99. The van der Waals surface area contributed by atoms with Crippen LogP contribution in [0.2, 0.25) is 0 Å². The first-order valence-corrected chi connectivity index (χ1v) is 13.5. The van der Waals surface area contributed by atoms with Crippen molar-refractivity contribution in [2.24, 2.45) is 35.5 Å². The Balaban J connectivity index is 3.60. The van der Waals surface area contributed by atoms with Gasteiger partial charge in [-0.3, -0.25) is 0 Å². The lowest BCUT2D eigenvalue weighted by molar-refractivity contribution is 0.0653. The molecule has 0 heterocycles. The van der Waals surface area contributed by atoms with Crippen molar-refractivity contribution in [1.82, 2.24) is 0 Å². The fourth-order valence-corrected chi connectivity index (χ4v) is 3.61. The van der Waals surface area contributed by atoms with Crippen molar-refractivity contribution in [2.45, 2.75) is 107 Å². The maximum absolute atomic E-state index is 6.03. The van der Waals surface area contributed by atoms with E-state index in [2.05, 4.69) is 55.4 Å². The van der Waals surface area contributed by atoms with Gasteiger partial charge in [-0.1, -0.05) is 81.1 Å². The molecule has 0 rings (SSSR count). The molecule has 0 aliphatic heterocycles. The van der Waals surface area contributed by atoms with Crippen LogP contribution in [0.1, 0.15) is 107 Å². The highest BCUT2D eigenvalue weighted by atomic mass is 16.5. The van der Waals surface area contributed by atoms with Crippen LogP contribution in [0.5, 0.6) is 0 Å². The summed E-state index contributed by atoms with van der Waals surface area (Å²) >= 11 is 0. The summed E-state index contributed by atoms with van der Waals surface area (Å²) in [5.74, 6) is 4.01. The van der Waals surface area contributed by atoms with E-state index in [0.29, 0.717) is 35.5 Å². The Morgan fingerprint density at radius 3 is 0.839 bits per heavy atom. The van der Waals surface area contributed by atoms with Gasteiger partial charge in [0.05, 0.1) is 0 Å². The third kappa shape index (κ3) is 20.2. The molecule has 0 fully saturated rings. The lowest BCUT2D eigenvalue weighted by Crippen LogP contribution is -2.14. The number of hydrogen-bond acceptors (Lipinski definition) is 3. The van der Waals surface area contributed by atoms with Crippen molar-refractivity contribution in [3.05, 3.63) is 0 Å².